The monoisotopic (exact) mass is 679 g/mol. The summed E-state index contributed by atoms with van der Waals surface area (Å²) < 4.78 is 28.1. The number of ether oxygens (including phenoxy) is 1. The third-order valence-electron chi connectivity index (χ3n) is 6.10. The van der Waals surface area contributed by atoms with Gasteiger partial charge in [0.2, 0.25) is 5.82 Å². The van der Waals surface area contributed by atoms with Crippen LogP contribution in [0.3, 0.4) is 0 Å². The topological polar surface area (TPSA) is 69.6 Å². The van der Waals surface area contributed by atoms with Crippen LogP contribution in [0.1, 0.15) is 11.1 Å². The number of para-hydroxylation sites is 1. The molecule has 0 unspecified atom stereocenters. The number of hydrogen-bond donors (Lipinski definition) is 0. The molecule has 0 aliphatic heterocycles. The van der Waals surface area contributed by atoms with Crippen molar-refractivity contribution < 1.29 is 13.5 Å². The van der Waals surface area contributed by atoms with Gasteiger partial charge in [-0.25, -0.2) is 9.37 Å². The number of rotatable bonds is 6. The van der Waals surface area contributed by atoms with Crippen LogP contribution < -0.4 is 10.3 Å². The zero-order chi connectivity index (χ0) is 27.8. The Morgan fingerprint density at radius 2 is 1.82 bits per heavy atom. The SMILES string of the molecule is O=c1c2ccccc2nc(-c2cc3cc(Br)ccc3o2)n1N=Cc1cc(Cl)cc(Br)c1OCc1ccc(F)cc1. The van der Waals surface area contributed by atoms with Gasteiger partial charge < -0.3 is 9.15 Å². The fourth-order valence-electron chi connectivity index (χ4n) is 4.20. The van der Waals surface area contributed by atoms with Crippen molar-refractivity contribution in [2.45, 2.75) is 6.61 Å². The Morgan fingerprint density at radius 3 is 2.65 bits per heavy atom. The van der Waals surface area contributed by atoms with Crippen molar-refractivity contribution in [2.24, 2.45) is 5.10 Å². The largest absolute Gasteiger partial charge is 0.487 e. The van der Waals surface area contributed by atoms with Crippen LogP contribution in [-0.4, -0.2) is 15.9 Å². The average Bonchev–Trinajstić information content (AvgIpc) is 3.36. The Morgan fingerprint density at radius 1 is 1.02 bits per heavy atom. The number of hydrogen-bond acceptors (Lipinski definition) is 5. The van der Waals surface area contributed by atoms with E-state index in [9.17, 15) is 9.18 Å². The number of furan rings is 1. The molecular weight excluding hydrogens is 665 g/mol. The Bertz CT molecular complexity index is 1990. The second-order valence-electron chi connectivity index (χ2n) is 8.83. The Labute approximate surface area is 248 Å². The molecule has 0 saturated heterocycles. The predicted molar refractivity (Wildman–Crippen MR) is 162 cm³/mol. The lowest BCUT2D eigenvalue weighted by Gasteiger charge is -2.12. The van der Waals surface area contributed by atoms with E-state index in [2.05, 4.69) is 37.0 Å². The molecule has 6 aromatic rings. The molecule has 198 valence electrons. The van der Waals surface area contributed by atoms with Gasteiger partial charge in [-0.3, -0.25) is 4.79 Å². The van der Waals surface area contributed by atoms with Gasteiger partial charge in [-0.15, -0.1) is 0 Å². The highest BCUT2D eigenvalue weighted by molar-refractivity contribution is 9.10. The summed E-state index contributed by atoms with van der Waals surface area (Å²) >= 11 is 13.3. The number of aromatic nitrogens is 2. The smallest absolute Gasteiger partial charge is 0.282 e. The highest BCUT2D eigenvalue weighted by Crippen LogP contribution is 2.33. The minimum Gasteiger partial charge on any atom is -0.487 e. The van der Waals surface area contributed by atoms with Gasteiger partial charge in [-0.05, 0) is 82.2 Å². The van der Waals surface area contributed by atoms with Crippen LogP contribution in [0.15, 0.2) is 108 Å². The van der Waals surface area contributed by atoms with E-state index in [0.29, 0.717) is 43.1 Å². The standard InChI is InChI=1S/C30H17Br2ClFN3O3/c31-20-7-10-26-18(11-20)13-27(40-26)29-36-25-4-2-1-3-23(25)30(38)37(29)35-15-19-12-21(33)14-24(32)28(19)39-16-17-5-8-22(34)9-6-17/h1-15H,16H2. The van der Waals surface area contributed by atoms with E-state index in [4.69, 9.17) is 25.7 Å². The van der Waals surface area contributed by atoms with Crippen LogP contribution in [0.25, 0.3) is 33.5 Å². The number of benzene rings is 4. The summed E-state index contributed by atoms with van der Waals surface area (Å²) in [6, 6.07) is 23.9. The first-order chi connectivity index (χ1) is 19.4. The number of fused-ring (bicyclic) bond motifs is 2. The fraction of sp³-hybridized carbons (Fsp3) is 0.0333. The zero-order valence-corrected chi connectivity index (χ0v) is 24.4. The molecule has 0 bridgehead atoms. The van der Waals surface area contributed by atoms with Gasteiger partial charge in [0, 0.05) is 20.4 Å². The molecule has 2 heterocycles. The van der Waals surface area contributed by atoms with Crippen molar-refractivity contribution in [1.82, 2.24) is 9.66 Å². The molecule has 10 heteroatoms. The molecule has 0 fully saturated rings. The predicted octanol–water partition coefficient (Wildman–Crippen LogP) is 8.59. The minimum atomic E-state index is -0.367. The molecule has 0 amide bonds. The summed E-state index contributed by atoms with van der Waals surface area (Å²) in [5.41, 5.74) is 2.09. The maximum absolute atomic E-state index is 13.6. The van der Waals surface area contributed by atoms with Gasteiger partial charge >= 0.3 is 0 Å². The highest BCUT2D eigenvalue weighted by atomic mass is 79.9. The summed E-state index contributed by atoms with van der Waals surface area (Å²) in [4.78, 5) is 18.4. The van der Waals surface area contributed by atoms with Crippen molar-refractivity contribution >= 4 is 71.5 Å². The van der Waals surface area contributed by atoms with Gasteiger partial charge in [0.25, 0.3) is 5.56 Å². The normalized spacial score (nSPS) is 11.6. The lowest BCUT2D eigenvalue weighted by atomic mass is 10.2. The molecule has 0 N–H and O–H groups in total. The van der Waals surface area contributed by atoms with E-state index in [0.717, 1.165) is 15.4 Å². The molecule has 2 aromatic heterocycles. The third kappa shape index (κ3) is 5.32. The average molecular weight is 682 g/mol. The summed E-state index contributed by atoms with van der Waals surface area (Å²) in [5.74, 6) is 0.747. The van der Waals surface area contributed by atoms with Crippen molar-refractivity contribution in [3.8, 4) is 17.3 Å². The molecular formula is C30H17Br2ClFN3O3. The Kier molecular flexibility index (Phi) is 7.27. The second-order valence-corrected chi connectivity index (χ2v) is 11.0. The van der Waals surface area contributed by atoms with Crippen molar-refractivity contribution in [2.75, 3.05) is 0 Å². The summed E-state index contributed by atoms with van der Waals surface area (Å²) in [5, 5.41) is 6.23. The van der Waals surface area contributed by atoms with Crippen molar-refractivity contribution in [3.05, 3.63) is 126 Å². The van der Waals surface area contributed by atoms with Gasteiger partial charge in [0.15, 0.2) is 5.76 Å². The van der Waals surface area contributed by atoms with Gasteiger partial charge in [-0.1, -0.05) is 51.8 Å². The van der Waals surface area contributed by atoms with Crippen molar-refractivity contribution in [3.63, 3.8) is 0 Å². The first kappa shape index (κ1) is 26.4. The fourth-order valence-corrected chi connectivity index (χ4v) is 5.53. The minimum absolute atomic E-state index is 0.179. The highest BCUT2D eigenvalue weighted by Gasteiger charge is 2.17. The molecule has 6 nitrogen and oxygen atoms in total. The van der Waals surface area contributed by atoms with E-state index < -0.39 is 0 Å². The first-order valence-electron chi connectivity index (χ1n) is 12.0. The molecule has 6 rings (SSSR count). The molecule has 0 spiro atoms. The van der Waals surface area contributed by atoms with Crippen LogP contribution in [0.4, 0.5) is 4.39 Å². The lowest BCUT2D eigenvalue weighted by molar-refractivity contribution is 0.303. The van der Waals surface area contributed by atoms with E-state index >= 15 is 0 Å². The summed E-state index contributed by atoms with van der Waals surface area (Å²) in [6.45, 7) is 0.179. The first-order valence-corrected chi connectivity index (χ1v) is 13.9. The molecule has 0 aliphatic carbocycles. The Hall–Kier alpha value is -3.79. The number of halogens is 4. The third-order valence-corrected chi connectivity index (χ3v) is 7.40. The maximum Gasteiger partial charge on any atom is 0.282 e. The molecule has 0 saturated carbocycles. The maximum atomic E-state index is 13.6. The van der Waals surface area contributed by atoms with Gasteiger partial charge in [-0.2, -0.15) is 9.78 Å². The molecule has 0 aliphatic rings. The van der Waals surface area contributed by atoms with Crippen LogP contribution >= 0.6 is 43.5 Å². The van der Waals surface area contributed by atoms with E-state index in [-0.39, 0.29) is 23.8 Å². The van der Waals surface area contributed by atoms with E-state index in [1.807, 2.05) is 30.3 Å². The Balaban J connectivity index is 1.46. The molecule has 0 radical (unpaired) electrons. The van der Waals surface area contributed by atoms with E-state index in [1.54, 1.807) is 42.5 Å². The quantitative estimate of drug-likeness (QED) is 0.165. The lowest BCUT2D eigenvalue weighted by Crippen LogP contribution is -2.20. The van der Waals surface area contributed by atoms with Crippen LogP contribution in [-0.2, 0) is 6.61 Å². The van der Waals surface area contributed by atoms with Crippen LogP contribution in [0.5, 0.6) is 5.75 Å². The summed E-state index contributed by atoms with van der Waals surface area (Å²) in [7, 11) is 0. The van der Waals surface area contributed by atoms with Crippen molar-refractivity contribution in [1.29, 1.82) is 0 Å². The van der Waals surface area contributed by atoms with Crippen LogP contribution in [0, 0.1) is 5.82 Å². The van der Waals surface area contributed by atoms with Gasteiger partial charge in [0.1, 0.15) is 23.8 Å². The zero-order valence-electron chi connectivity index (χ0n) is 20.4. The summed E-state index contributed by atoms with van der Waals surface area (Å²) in [6.07, 6.45) is 1.48. The number of nitrogens with zero attached hydrogens (tertiary/aromatic N) is 3. The molecule has 4 aromatic carbocycles. The molecule has 0 atom stereocenters. The van der Waals surface area contributed by atoms with Gasteiger partial charge in [0.05, 0.1) is 21.6 Å². The van der Waals surface area contributed by atoms with Crippen LogP contribution in [0.2, 0.25) is 5.02 Å². The second kappa shape index (κ2) is 11.0. The van der Waals surface area contributed by atoms with E-state index in [1.165, 1.54) is 23.0 Å². The molecule has 40 heavy (non-hydrogen) atoms.